The maximum Gasteiger partial charge on any atom is 0.240 e. The Labute approximate surface area is 194 Å². The molecule has 2 aliphatic heterocycles. The summed E-state index contributed by atoms with van der Waals surface area (Å²) in [5.74, 6) is -0.937. The second-order valence-corrected chi connectivity index (χ2v) is 9.02. The summed E-state index contributed by atoms with van der Waals surface area (Å²) in [6.45, 7) is 3.41. The molecule has 2 saturated heterocycles. The lowest BCUT2D eigenvalue weighted by Gasteiger charge is -2.35. The Morgan fingerprint density at radius 2 is 2.00 bits per heavy atom. The maximum atomic E-state index is 13.6. The number of likely N-dealkylation sites (tertiary alicyclic amines) is 2. The van der Waals surface area contributed by atoms with E-state index in [9.17, 15) is 19.2 Å². The highest BCUT2D eigenvalue weighted by Gasteiger charge is 2.54. The zero-order valence-electron chi connectivity index (χ0n) is 18.8. The molecule has 2 atom stereocenters. The van der Waals surface area contributed by atoms with Gasteiger partial charge in [0.05, 0.1) is 5.41 Å². The van der Waals surface area contributed by atoms with E-state index in [0.29, 0.717) is 43.1 Å². The quantitative estimate of drug-likeness (QED) is 0.416. The molecule has 2 heterocycles. The van der Waals surface area contributed by atoms with Crippen LogP contribution in [0, 0.1) is 5.92 Å². The summed E-state index contributed by atoms with van der Waals surface area (Å²) in [5.41, 5.74) is -0.831. The summed E-state index contributed by atoms with van der Waals surface area (Å²) in [4.78, 5) is 55.0. The third kappa shape index (κ3) is 4.89. The van der Waals surface area contributed by atoms with Crippen LogP contribution >= 0.6 is 11.6 Å². The monoisotopic (exact) mass is 462 g/mol. The van der Waals surface area contributed by atoms with E-state index < -0.39 is 11.3 Å². The molecule has 32 heavy (non-hydrogen) atoms. The van der Waals surface area contributed by atoms with Gasteiger partial charge in [0.15, 0.2) is 0 Å². The van der Waals surface area contributed by atoms with E-state index in [4.69, 9.17) is 16.3 Å². The van der Waals surface area contributed by atoms with Gasteiger partial charge in [-0.05, 0) is 30.9 Å². The predicted octanol–water partition coefficient (Wildman–Crippen LogP) is 2.98. The Hall–Kier alpha value is -2.25. The lowest BCUT2D eigenvalue weighted by molar-refractivity contribution is -0.144. The molecule has 0 radical (unpaired) electrons. The minimum absolute atomic E-state index is 0.0978. The SMILES string of the molecule is CCC(=O)[C@H]1CCCN(C(=O)C[C@]2(c3ccccc3Cl)CC(=O)N(CCCOC)C2=O)C1. The van der Waals surface area contributed by atoms with Gasteiger partial charge in [0.1, 0.15) is 5.78 Å². The number of Topliss-reactive ketones (excluding diaryl/α,β-unsaturated/α-hetero) is 1. The molecule has 1 aromatic carbocycles. The first-order valence-electron chi connectivity index (χ1n) is 11.2. The number of hydrogen-bond donors (Lipinski definition) is 0. The molecule has 3 rings (SSSR count). The van der Waals surface area contributed by atoms with Crippen LogP contribution in [0.15, 0.2) is 24.3 Å². The zero-order valence-corrected chi connectivity index (χ0v) is 19.5. The molecule has 0 unspecified atom stereocenters. The first-order valence-corrected chi connectivity index (χ1v) is 11.6. The number of carbonyl (C=O) groups is 4. The zero-order chi connectivity index (χ0) is 23.3. The number of hydrogen-bond acceptors (Lipinski definition) is 5. The van der Waals surface area contributed by atoms with Gasteiger partial charge in [0.25, 0.3) is 0 Å². The van der Waals surface area contributed by atoms with Crippen molar-refractivity contribution >= 4 is 35.1 Å². The van der Waals surface area contributed by atoms with E-state index in [1.807, 2.05) is 6.92 Å². The highest BCUT2D eigenvalue weighted by molar-refractivity contribution is 6.32. The van der Waals surface area contributed by atoms with Gasteiger partial charge in [0, 0.05) is 63.6 Å². The van der Waals surface area contributed by atoms with E-state index in [0.717, 1.165) is 12.8 Å². The fraction of sp³-hybridized carbons (Fsp3) is 0.583. The van der Waals surface area contributed by atoms with Crippen LogP contribution < -0.4 is 0 Å². The second-order valence-electron chi connectivity index (χ2n) is 8.61. The number of benzene rings is 1. The fourth-order valence-electron chi connectivity index (χ4n) is 4.81. The lowest BCUT2D eigenvalue weighted by atomic mass is 9.75. The average Bonchev–Trinajstić information content (AvgIpc) is 3.03. The number of halogens is 1. The second kappa shape index (κ2) is 10.6. The highest BCUT2D eigenvalue weighted by Crippen LogP contribution is 2.43. The van der Waals surface area contributed by atoms with E-state index >= 15 is 0 Å². The van der Waals surface area contributed by atoms with Crippen molar-refractivity contribution in [3.63, 3.8) is 0 Å². The minimum atomic E-state index is -1.33. The minimum Gasteiger partial charge on any atom is -0.385 e. The van der Waals surface area contributed by atoms with E-state index in [-0.39, 0.29) is 42.9 Å². The first kappa shape index (κ1) is 24.4. The van der Waals surface area contributed by atoms with E-state index in [1.54, 1.807) is 36.3 Å². The van der Waals surface area contributed by atoms with Crippen LogP contribution in [0.25, 0.3) is 0 Å². The van der Waals surface area contributed by atoms with Crippen molar-refractivity contribution in [2.75, 3.05) is 33.4 Å². The number of imide groups is 1. The van der Waals surface area contributed by atoms with Crippen molar-refractivity contribution in [1.29, 1.82) is 0 Å². The predicted molar refractivity (Wildman–Crippen MR) is 120 cm³/mol. The summed E-state index contributed by atoms with van der Waals surface area (Å²) in [7, 11) is 1.56. The van der Waals surface area contributed by atoms with Gasteiger partial charge < -0.3 is 9.64 Å². The molecule has 0 aliphatic carbocycles. The molecule has 0 spiro atoms. The molecule has 2 fully saturated rings. The smallest absolute Gasteiger partial charge is 0.240 e. The fourth-order valence-corrected chi connectivity index (χ4v) is 5.13. The summed E-state index contributed by atoms with van der Waals surface area (Å²) in [5, 5.41) is 0.359. The molecule has 0 saturated carbocycles. The molecule has 2 aliphatic rings. The summed E-state index contributed by atoms with van der Waals surface area (Å²) < 4.78 is 5.05. The van der Waals surface area contributed by atoms with E-state index in [2.05, 4.69) is 0 Å². The number of carbonyl (C=O) groups excluding carboxylic acids is 4. The van der Waals surface area contributed by atoms with Crippen molar-refractivity contribution in [1.82, 2.24) is 9.80 Å². The van der Waals surface area contributed by atoms with Crippen molar-refractivity contribution < 1.29 is 23.9 Å². The largest absolute Gasteiger partial charge is 0.385 e. The van der Waals surface area contributed by atoms with Gasteiger partial charge in [-0.25, -0.2) is 0 Å². The van der Waals surface area contributed by atoms with Crippen LogP contribution in [0.5, 0.6) is 0 Å². The Morgan fingerprint density at radius 1 is 1.25 bits per heavy atom. The lowest BCUT2D eigenvalue weighted by Crippen LogP contribution is -2.47. The molecule has 8 heteroatoms. The van der Waals surface area contributed by atoms with Gasteiger partial charge in [-0.2, -0.15) is 0 Å². The maximum absolute atomic E-state index is 13.6. The molecule has 1 aromatic rings. The molecule has 0 bridgehead atoms. The highest BCUT2D eigenvalue weighted by atomic mass is 35.5. The van der Waals surface area contributed by atoms with Crippen LogP contribution in [0.1, 0.15) is 51.0 Å². The molecule has 174 valence electrons. The number of methoxy groups -OCH3 is 1. The van der Waals surface area contributed by atoms with Crippen molar-refractivity contribution in [3.05, 3.63) is 34.9 Å². The van der Waals surface area contributed by atoms with Crippen LogP contribution in [0.2, 0.25) is 5.02 Å². The van der Waals surface area contributed by atoms with Crippen molar-refractivity contribution in [2.24, 2.45) is 5.92 Å². The number of rotatable bonds is 9. The number of ether oxygens (including phenoxy) is 1. The van der Waals surface area contributed by atoms with Gasteiger partial charge in [0.2, 0.25) is 17.7 Å². The Bertz CT molecular complexity index is 889. The summed E-state index contributed by atoms with van der Waals surface area (Å²) in [6, 6.07) is 6.91. The normalized spacial score (nSPS) is 23.7. The molecular formula is C24H31ClN2O5. The van der Waals surface area contributed by atoms with Gasteiger partial charge in [-0.1, -0.05) is 36.7 Å². The Kier molecular flexibility index (Phi) is 8.06. The first-order chi connectivity index (χ1) is 15.3. The Morgan fingerprint density at radius 3 is 2.69 bits per heavy atom. The molecule has 0 aromatic heterocycles. The van der Waals surface area contributed by atoms with Gasteiger partial charge >= 0.3 is 0 Å². The number of ketones is 1. The number of amides is 3. The summed E-state index contributed by atoms with van der Waals surface area (Å²) in [6.07, 6.45) is 2.25. The molecule has 0 N–H and O–H groups in total. The van der Waals surface area contributed by atoms with Crippen LogP contribution in [0.3, 0.4) is 0 Å². The third-order valence-corrected chi connectivity index (χ3v) is 6.89. The standard InChI is InChI=1S/C24H31ClN2O5/c1-3-20(28)17-8-6-11-26(16-17)21(29)14-24(18-9-4-5-10-19(18)25)15-22(30)27(23(24)31)12-7-13-32-2/h4-5,9-10,17H,3,6-8,11-16H2,1-2H3/t17-,24+/m0/s1. The third-order valence-electron chi connectivity index (χ3n) is 6.56. The van der Waals surface area contributed by atoms with Crippen LogP contribution in [-0.2, 0) is 29.3 Å². The van der Waals surface area contributed by atoms with Crippen LogP contribution in [-0.4, -0.2) is 66.7 Å². The topological polar surface area (TPSA) is 84.0 Å². The Balaban J connectivity index is 1.89. The average molecular weight is 463 g/mol. The number of piperidine rings is 1. The van der Waals surface area contributed by atoms with Crippen LogP contribution in [0.4, 0.5) is 0 Å². The number of nitrogens with zero attached hydrogens (tertiary/aromatic N) is 2. The molecule has 7 nitrogen and oxygen atoms in total. The molecule has 3 amide bonds. The summed E-state index contributed by atoms with van der Waals surface area (Å²) >= 11 is 6.46. The van der Waals surface area contributed by atoms with Gasteiger partial charge in [-0.15, -0.1) is 0 Å². The van der Waals surface area contributed by atoms with Gasteiger partial charge in [-0.3, -0.25) is 24.1 Å². The molecular weight excluding hydrogens is 432 g/mol. The van der Waals surface area contributed by atoms with Crippen molar-refractivity contribution in [2.45, 2.75) is 50.9 Å². The van der Waals surface area contributed by atoms with Crippen molar-refractivity contribution in [3.8, 4) is 0 Å². The van der Waals surface area contributed by atoms with E-state index in [1.165, 1.54) is 4.90 Å².